The van der Waals surface area contributed by atoms with Gasteiger partial charge in [-0.2, -0.15) is 4.98 Å². The maximum Gasteiger partial charge on any atom is 0.251 e. The van der Waals surface area contributed by atoms with E-state index in [0.29, 0.717) is 17.4 Å². The van der Waals surface area contributed by atoms with Gasteiger partial charge in [0.05, 0.1) is 6.54 Å². The van der Waals surface area contributed by atoms with Crippen LogP contribution in [0.15, 0.2) is 29.0 Å². The molecule has 6 heteroatoms. The molecular formula is C15H18N4O2. The molecular weight excluding hydrogens is 268 g/mol. The fraction of sp³-hybridized carbons (Fsp3) is 0.467. The van der Waals surface area contributed by atoms with Crippen molar-refractivity contribution >= 4 is 5.91 Å². The third kappa shape index (κ3) is 3.45. The van der Waals surface area contributed by atoms with Gasteiger partial charge < -0.3 is 9.84 Å². The van der Waals surface area contributed by atoms with Gasteiger partial charge in [0.1, 0.15) is 0 Å². The van der Waals surface area contributed by atoms with E-state index >= 15 is 0 Å². The molecule has 0 unspecified atom stereocenters. The Kier molecular flexibility index (Phi) is 4.23. The molecule has 1 aliphatic carbocycles. The topological polar surface area (TPSA) is 80.9 Å². The number of nitrogens with one attached hydrogen (secondary N) is 1. The largest absolute Gasteiger partial charge is 0.343 e. The van der Waals surface area contributed by atoms with Crippen LogP contribution in [0, 0.1) is 0 Å². The van der Waals surface area contributed by atoms with Crippen molar-refractivity contribution < 1.29 is 9.32 Å². The van der Waals surface area contributed by atoms with Gasteiger partial charge in [-0.05, 0) is 25.0 Å². The molecule has 0 aliphatic heterocycles. The highest BCUT2D eigenvalue weighted by Crippen LogP contribution is 2.30. The first kappa shape index (κ1) is 13.7. The number of carbonyl (C=O) groups is 1. The zero-order valence-electron chi connectivity index (χ0n) is 11.8. The summed E-state index contributed by atoms with van der Waals surface area (Å²) < 4.78 is 5.22. The van der Waals surface area contributed by atoms with Crippen molar-refractivity contribution in [1.29, 1.82) is 0 Å². The SMILES string of the molecule is O=C(NCc1nc(C2CCCCC2)no1)c1ccncc1. The van der Waals surface area contributed by atoms with E-state index < -0.39 is 0 Å². The Morgan fingerprint density at radius 2 is 2.00 bits per heavy atom. The molecule has 2 aromatic heterocycles. The molecule has 0 bridgehead atoms. The number of nitrogens with zero attached hydrogens (tertiary/aromatic N) is 3. The van der Waals surface area contributed by atoms with Crippen molar-refractivity contribution in [2.45, 2.75) is 44.6 Å². The Morgan fingerprint density at radius 3 is 2.76 bits per heavy atom. The van der Waals surface area contributed by atoms with Crippen molar-refractivity contribution in [3.8, 4) is 0 Å². The van der Waals surface area contributed by atoms with Gasteiger partial charge >= 0.3 is 0 Å². The monoisotopic (exact) mass is 286 g/mol. The van der Waals surface area contributed by atoms with E-state index in [1.807, 2.05) is 0 Å². The van der Waals surface area contributed by atoms with Crippen LogP contribution in [0.5, 0.6) is 0 Å². The number of aromatic nitrogens is 3. The quantitative estimate of drug-likeness (QED) is 0.933. The van der Waals surface area contributed by atoms with Crippen molar-refractivity contribution in [1.82, 2.24) is 20.4 Å². The highest BCUT2D eigenvalue weighted by Gasteiger charge is 2.21. The second kappa shape index (κ2) is 6.47. The van der Waals surface area contributed by atoms with Crippen LogP contribution in [0.3, 0.4) is 0 Å². The maximum absolute atomic E-state index is 11.9. The minimum atomic E-state index is -0.171. The predicted molar refractivity (Wildman–Crippen MR) is 75.5 cm³/mol. The smallest absolute Gasteiger partial charge is 0.251 e. The van der Waals surface area contributed by atoms with Gasteiger partial charge in [-0.3, -0.25) is 9.78 Å². The lowest BCUT2D eigenvalue weighted by atomic mass is 9.89. The first-order chi connectivity index (χ1) is 10.3. The van der Waals surface area contributed by atoms with E-state index in [1.54, 1.807) is 24.5 Å². The molecule has 21 heavy (non-hydrogen) atoms. The minimum absolute atomic E-state index is 0.171. The molecule has 0 aromatic carbocycles. The number of hydrogen-bond donors (Lipinski definition) is 1. The van der Waals surface area contributed by atoms with Crippen molar-refractivity contribution in [2.24, 2.45) is 0 Å². The first-order valence-electron chi connectivity index (χ1n) is 7.33. The summed E-state index contributed by atoms with van der Waals surface area (Å²) in [6.07, 6.45) is 9.18. The summed E-state index contributed by atoms with van der Waals surface area (Å²) in [6, 6.07) is 3.33. The average Bonchev–Trinajstić information content (AvgIpc) is 3.03. The van der Waals surface area contributed by atoms with Crippen molar-refractivity contribution in [3.63, 3.8) is 0 Å². The number of rotatable bonds is 4. The number of hydrogen-bond acceptors (Lipinski definition) is 5. The van der Waals surface area contributed by atoms with E-state index in [-0.39, 0.29) is 12.5 Å². The Balaban J connectivity index is 1.56. The standard InChI is InChI=1S/C15H18N4O2/c20-15(12-6-8-16-9-7-12)17-10-13-18-14(19-21-13)11-4-2-1-3-5-11/h6-9,11H,1-5,10H2,(H,17,20). The molecule has 2 heterocycles. The molecule has 1 saturated carbocycles. The van der Waals surface area contributed by atoms with Crippen LogP contribution in [0.4, 0.5) is 0 Å². The Bertz CT molecular complexity index is 591. The van der Waals surface area contributed by atoms with Crippen LogP contribution in [-0.2, 0) is 6.54 Å². The molecule has 0 radical (unpaired) electrons. The lowest BCUT2D eigenvalue weighted by molar-refractivity contribution is 0.0946. The van der Waals surface area contributed by atoms with Crippen LogP contribution in [0.2, 0.25) is 0 Å². The third-order valence-electron chi connectivity index (χ3n) is 3.80. The number of amides is 1. The van der Waals surface area contributed by atoms with Gasteiger partial charge in [0.15, 0.2) is 5.82 Å². The Labute approximate surface area is 123 Å². The second-order valence-corrected chi connectivity index (χ2v) is 5.30. The van der Waals surface area contributed by atoms with Crippen LogP contribution in [0.1, 0.15) is 60.1 Å². The van der Waals surface area contributed by atoms with E-state index in [4.69, 9.17) is 4.52 Å². The van der Waals surface area contributed by atoms with Crippen LogP contribution < -0.4 is 5.32 Å². The summed E-state index contributed by atoms with van der Waals surface area (Å²) >= 11 is 0. The lowest BCUT2D eigenvalue weighted by Gasteiger charge is -2.17. The molecule has 3 rings (SSSR count). The Morgan fingerprint density at radius 1 is 1.24 bits per heavy atom. The summed E-state index contributed by atoms with van der Waals surface area (Å²) in [5.74, 6) is 1.47. The molecule has 0 saturated heterocycles. The molecule has 0 atom stereocenters. The molecule has 110 valence electrons. The van der Waals surface area contributed by atoms with Crippen LogP contribution in [-0.4, -0.2) is 21.0 Å². The van der Waals surface area contributed by atoms with E-state index in [9.17, 15) is 4.79 Å². The van der Waals surface area contributed by atoms with Gasteiger partial charge in [0, 0.05) is 23.9 Å². The number of carbonyl (C=O) groups excluding carboxylic acids is 1. The van der Waals surface area contributed by atoms with Crippen LogP contribution in [0.25, 0.3) is 0 Å². The van der Waals surface area contributed by atoms with Gasteiger partial charge in [-0.15, -0.1) is 0 Å². The molecule has 1 N–H and O–H groups in total. The second-order valence-electron chi connectivity index (χ2n) is 5.30. The summed E-state index contributed by atoms with van der Waals surface area (Å²) in [5, 5.41) is 6.81. The fourth-order valence-corrected chi connectivity index (χ4v) is 2.63. The lowest BCUT2D eigenvalue weighted by Crippen LogP contribution is -2.23. The average molecular weight is 286 g/mol. The summed E-state index contributed by atoms with van der Waals surface area (Å²) in [6.45, 7) is 0.251. The predicted octanol–water partition coefficient (Wildman–Crippen LogP) is 2.44. The zero-order chi connectivity index (χ0) is 14.5. The van der Waals surface area contributed by atoms with Gasteiger partial charge in [-0.1, -0.05) is 24.4 Å². The first-order valence-corrected chi connectivity index (χ1v) is 7.33. The van der Waals surface area contributed by atoms with E-state index in [2.05, 4.69) is 20.4 Å². The van der Waals surface area contributed by atoms with Gasteiger partial charge in [-0.25, -0.2) is 0 Å². The third-order valence-corrected chi connectivity index (χ3v) is 3.80. The zero-order valence-corrected chi connectivity index (χ0v) is 11.8. The molecule has 1 fully saturated rings. The summed E-state index contributed by atoms with van der Waals surface area (Å²) in [4.78, 5) is 20.2. The number of pyridine rings is 1. The molecule has 1 amide bonds. The Hall–Kier alpha value is -2.24. The highest BCUT2D eigenvalue weighted by atomic mass is 16.5. The normalized spacial score (nSPS) is 15.8. The van der Waals surface area contributed by atoms with E-state index in [1.165, 1.54) is 19.3 Å². The molecule has 2 aromatic rings. The van der Waals surface area contributed by atoms with E-state index in [0.717, 1.165) is 18.7 Å². The molecule has 6 nitrogen and oxygen atoms in total. The van der Waals surface area contributed by atoms with Crippen molar-refractivity contribution in [3.05, 3.63) is 41.8 Å². The van der Waals surface area contributed by atoms with Gasteiger partial charge in [0.2, 0.25) is 5.89 Å². The van der Waals surface area contributed by atoms with Gasteiger partial charge in [0.25, 0.3) is 5.91 Å². The maximum atomic E-state index is 11.9. The molecule has 0 spiro atoms. The summed E-state index contributed by atoms with van der Waals surface area (Å²) in [5.41, 5.74) is 0.567. The molecule has 1 aliphatic rings. The van der Waals surface area contributed by atoms with Crippen LogP contribution >= 0.6 is 0 Å². The summed E-state index contributed by atoms with van der Waals surface area (Å²) in [7, 11) is 0. The highest BCUT2D eigenvalue weighted by molar-refractivity contribution is 5.93. The van der Waals surface area contributed by atoms with Crippen molar-refractivity contribution in [2.75, 3.05) is 0 Å². The minimum Gasteiger partial charge on any atom is -0.343 e. The fourth-order valence-electron chi connectivity index (χ4n) is 2.63.